The molecule has 112 valence electrons. The fourth-order valence-electron chi connectivity index (χ4n) is 3.85. The van der Waals surface area contributed by atoms with Crippen molar-refractivity contribution in [2.75, 3.05) is 13.1 Å². The van der Waals surface area contributed by atoms with Crippen LogP contribution in [-0.2, 0) is 13.0 Å². The molecule has 0 spiro atoms. The van der Waals surface area contributed by atoms with Gasteiger partial charge in [-0.3, -0.25) is 4.90 Å². The maximum absolute atomic E-state index is 9.19. The van der Waals surface area contributed by atoms with E-state index in [-0.39, 0.29) is 5.54 Å². The van der Waals surface area contributed by atoms with E-state index < -0.39 is 0 Å². The van der Waals surface area contributed by atoms with Gasteiger partial charge in [-0.1, -0.05) is 31.4 Å². The van der Waals surface area contributed by atoms with Crippen LogP contribution in [0.3, 0.4) is 0 Å². The molecular weight excluding hydrogens is 258 g/mol. The summed E-state index contributed by atoms with van der Waals surface area (Å²) in [6.07, 6.45) is 8.44. The molecule has 3 heteroatoms. The number of hydrogen-bond acceptors (Lipinski definition) is 3. The van der Waals surface area contributed by atoms with Gasteiger partial charge >= 0.3 is 0 Å². The molecule has 0 radical (unpaired) electrons. The largest absolute Gasteiger partial charge is 0.325 e. The SMILES string of the molecule is N#Cc1cccc2c1CCN(CCC1(N)CCCCC1)C2. The highest BCUT2D eigenvalue weighted by Crippen LogP contribution is 2.30. The molecule has 1 fully saturated rings. The van der Waals surface area contributed by atoms with Gasteiger partial charge in [-0.05, 0) is 42.9 Å². The molecule has 1 aliphatic heterocycles. The van der Waals surface area contributed by atoms with Crippen molar-refractivity contribution in [3.63, 3.8) is 0 Å². The van der Waals surface area contributed by atoms with E-state index in [1.165, 1.54) is 43.2 Å². The van der Waals surface area contributed by atoms with Gasteiger partial charge in [0.25, 0.3) is 0 Å². The third kappa shape index (κ3) is 3.28. The van der Waals surface area contributed by atoms with Crippen molar-refractivity contribution in [1.82, 2.24) is 4.90 Å². The fourth-order valence-corrected chi connectivity index (χ4v) is 3.85. The predicted octanol–water partition coefficient (Wildman–Crippen LogP) is 2.97. The Kier molecular flexibility index (Phi) is 4.28. The first kappa shape index (κ1) is 14.6. The van der Waals surface area contributed by atoms with Gasteiger partial charge in [0, 0.05) is 25.2 Å². The Labute approximate surface area is 127 Å². The third-order valence-corrected chi connectivity index (χ3v) is 5.24. The molecule has 1 saturated carbocycles. The Hall–Kier alpha value is -1.37. The average Bonchev–Trinajstić information content (AvgIpc) is 2.53. The molecule has 2 N–H and O–H groups in total. The molecular formula is C18H25N3. The standard InChI is InChI=1S/C18H25N3/c19-13-15-5-4-6-16-14-21(11-7-17(15)16)12-10-18(20)8-2-1-3-9-18/h4-6H,1-3,7-12,14,20H2. The number of rotatable bonds is 3. The highest BCUT2D eigenvalue weighted by atomic mass is 15.1. The quantitative estimate of drug-likeness (QED) is 0.928. The normalized spacial score (nSPS) is 21.5. The number of benzene rings is 1. The molecule has 3 nitrogen and oxygen atoms in total. The summed E-state index contributed by atoms with van der Waals surface area (Å²) in [5.41, 5.74) is 10.1. The van der Waals surface area contributed by atoms with E-state index in [9.17, 15) is 5.26 Å². The molecule has 0 aromatic heterocycles. The topological polar surface area (TPSA) is 53.0 Å². The van der Waals surface area contributed by atoms with Crippen molar-refractivity contribution in [2.45, 2.75) is 57.0 Å². The monoisotopic (exact) mass is 283 g/mol. The molecule has 0 unspecified atom stereocenters. The molecule has 1 aromatic rings. The summed E-state index contributed by atoms with van der Waals surface area (Å²) >= 11 is 0. The van der Waals surface area contributed by atoms with Gasteiger partial charge < -0.3 is 5.73 Å². The second-order valence-corrected chi connectivity index (χ2v) is 6.75. The van der Waals surface area contributed by atoms with E-state index in [1.807, 2.05) is 12.1 Å². The second kappa shape index (κ2) is 6.17. The van der Waals surface area contributed by atoms with Crippen LogP contribution in [-0.4, -0.2) is 23.5 Å². The first-order chi connectivity index (χ1) is 10.2. The molecule has 3 rings (SSSR count). The Morgan fingerprint density at radius 2 is 2.05 bits per heavy atom. The van der Waals surface area contributed by atoms with Gasteiger partial charge in [0.05, 0.1) is 11.6 Å². The van der Waals surface area contributed by atoms with Crippen molar-refractivity contribution < 1.29 is 0 Å². The first-order valence-corrected chi connectivity index (χ1v) is 8.22. The van der Waals surface area contributed by atoms with Crippen LogP contribution in [0.5, 0.6) is 0 Å². The third-order valence-electron chi connectivity index (χ3n) is 5.24. The van der Waals surface area contributed by atoms with Crippen molar-refractivity contribution in [2.24, 2.45) is 5.73 Å². The van der Waals surface area contributed by atoms with Crippen LogP contribution in [0, 0.1) is 11.3 Å². The first-order valence-electron chi connectivity index (χ1n) is 8.22. The molecule has 1 aromatic carbocycles. The van der Waals surface area contributed by atoms with Crippen molar-refractivity contribution >= 4 is 0 Å². The fraction of sp³-hybridized carbons (Fsp3) is 0.611. The minimum absolute atomic E-state index is 0.0764. The van der Waals surface area contributed by atoms with Crippen LogP contribution in [0.25, 0.3) is 0 Å². The van der Waals surface area contributed by atoms with E-state index in [4.69, 9.17) is 5.73 Å². The summed E-state index contributed by atoms with van der Waals surface area (Å²) in [5.74, 6) is 0. The van der Waals surface area contributed by atoms with Gasteiger partial charge in [-0.15, -0.1) is 0 Å². The van der Waals surface area contributed by atoms with Gasteiger partial charge in [0.15, 0.2) is 0 Å². The molecule has 0 amide bonds. The maximum atomic E-state index is 9.19. The molecule has 0 saturated heterocycles. The Bertz CT molecular complexity index is 538. The van der Waals surface area contributed by atoms with E-state index in [2.05, 4.69) is 17.0 Å². The van der Waals surface area contributed by atoms with Crippen LogP contribution < -0.4 is 5.73 Å². The number of hydrogen-bond donors (Lipinski definition) is 1. The molecule has 0 atom stereocenters. The molecule has 1 aliphatic carbocycles. The summed E-state index contributed by atoms with van der Waals surface area (Å²) in [6.45, 7) is 3.12. The van der Waals surface area contributed by atoms with Crippen molar-refractivity contribution in [3.05, 3.63) is 34.9 Å². The number of nitrogens with zero attached hydrogens (tertiary/aromatic N) is 2. The molecule has 0 bridgehead atoms. The molecule has 21 heavy (non-hydrogen) atoms. The summed E-state index contributed by atoms with van der Waals surface area (Å²) in [6, 6.07) is 8.43. The summed E-state index contributed by atoms with van der Waals surface area (Å²) in [4.78, 5) is 2.51. The highest BCUT2D eigenvalue weighted by Gasteiger charge is 2.28. The lowest BCUT2D eigenvalue weighted by Gasteiger charge is -2.37. The van der Waals surface area contributed by atoms with Crippen molar-refractivity contribution in [1.29, 1.82) is 5.26 Å². The minimum atomic E-state index is 0.0764. The summed E-state index contributed by atoms with van der Waals surface area (Å²) < 4.78 is 0. The number of fused-ring (bicyclic) bond motifs is 1. The zero-order valence-corrected chi connectivity index (χ0v) is 12.8. The summed E-state index contributed by atoms with van der Waals surface area (Å²) in [7, 11) is 0. The Morgan fingerprint density at radius 1 is 1.24 bits per heavy atom. The second-order valence-electron chi connectivity index (χ2n) is 6.75. The van der Waals surface area contributed by atoms with Gasteiger partial charge in [-0.25, -0.2) is 0 Å². The van der Waals surface area contributed by atoms with Gasteiger partial charge in [0.1, 0.15) is 0 Å². The highest BCUT2D eigenvalue weighted by molar-refractivity contribution is 5.44. The van der Waals surface area contributed by atoms with Crippen LogP contribution in [0.1, 0.15) is 55.2 Å². The van der Waals surface area contributed by atoms with Gasteiger partial charge in [0.2, 0.25) is 0 Å². The lowest BCUT2D eigenvalue weighted by molar-refractivity contribution is 0.197. The van der Waals surface area contributed by atoms with Crippen LogP contribution >= 0.6 is 0 Å². The summed E-state index contributed by atoms with van der Waals surface area (Å²) in [5, 5.41) is 9.19. The minimum Gasteiger partial charge on any atom is -0.325 e. The number of nitriles is 1. The average molecular weight is 283 g/mol. The molecule has 1 heterocycles. The van der Waals surface area contributed by atoms with E-state index in [0.717, 1.165) is 38.0 Å². The van der Waals surface area contributed by atoms with Gasteiger partial charge in [-0.2, -0.15) is 5.26 Å². The van der Waals surface area contributed by atoms with Crippen molar-refractivity contribution in [3.8, 4) is 6.07 Å². The van der Waals surface area contributed by atoms with Crippen LogP contribution in [0.4, 0.5) is 0 Å². The lowest BCUT2D eigenvalue weighted by atomic mass is 9.80. The van der Waals surface area contributed by atoms with E-state index in [1.54, 1.807) is 0 Å². The smallest absolute Gasteiger partial charge is 0.0994 e. The van der Waals surface area contributed by atoms with E-state index >= 15 is 0 Å². The van der Waals surface area contributed by atoms with Crippen LogP contribution in [0.2, 0.25) is 0 Å². The Balaban J connectivity index is 1.61. The van der Waals surface area contributed by atoms with Crippen LogP contribution in [0.15, 0.2) is 18.2 Å². The van der Waals surface area contributed by atoms with E-state index in [0.29, 0.717) is 0 Å². The Morgan fingerprint density at radius 3 is 2.81 bits per heavy atom. The maximum Gasteiger partial charge on any atom is 0.0994 e. The zero-order chi connectivity index (χ0) is 14.7. The zero-order valence-electron chi connectivity index (χ0n) is 12.8. The number of nitrogens with two attached hydrogens (primary N) is 1. The predicted molar refractivity (Wildman–Crippen MR) is 84.8 cm³/mol. The molecule has 2 aliphatic rings. The lowest BCUT2D eigenvalue weighted by Crippen LogP contribution is -2.45.